The Labute approximate surface area is 287 Å². The summed E-state index contributed by atoms with van der Waals surface area (Å²) in [5, 5.41) is 10.6. The second kappa shape index (κ2) is 15.1. The number of fused-ring (bicyclic) bond motifs is 1. The van der Waals surface area contributed by atoms with Gasteiger partial charge in [0.1, 0.15) is 17.3 Å². The number of ether oxygens (including phenoxy) is 5. The maximum atomic E-state index is 13.3. The van der Waals surface area contributed by atoms with Crippen LogP contribution in [0.4, 0.5) is 4.39 Å². The van der Waals surface area contributed by atoms with Crippen LogP contribution >= 0.6 is 0 Å². The lowest BCUT2D eigenvalue weighted by molar-refractivity contribution is -0.160. The molecule has 0 spiro atoms. The summed E-state index contributed by atoms with van der Waals surface area (Å²) in [6, 6.07) is 20.2. The van der Waals surface area contributed by atoms with Crippen LogP contribution in [-0.4, -0.2) is 54.7 Å². The molecule has 8 nitrogen and oxygen atoms in total. The molecule has 0 aliphatic carbocycles. The zero-order valence-electron chi connectivity index (χ0n) is 28.6. The molecule has 3 aromatic carbocycles. The van der Waals surface area contributed by atoms with Gasteiger partial charge in [-0.25, -0.2) is 9.18 Å². The summed E-state index contributed by atoms with van der Waals surface area (Å²) >= 11 is 0. The second-order valence-electron chi connectivity index (χ2n) is 13.7. The van der Waals surface area contributed by atoms with Gasteiger partial charge in [0.05, 0.1) is 50.9 Å². The molecule has 1 atom stereocenters. The fourth-order valence-electron chi connectivity index (χ4n) is 6.28. The lowest BCUT2D eigenvalue weighted by atomic mass is 9.85. The van der Waals surface area contributed by atoms with Gasteiger partial charge in [-0.05, 0) is 105 Å². The van der Waals surface area contributed by atoms with Crippen molar-refractivity contribution in [2.75, 3.05) is 33.0 Å². The van der Waals surface area contributed by atoms with E-state index < -0.39 is 17.7 Å². The van der Waals surface area contributed by atoms with Gasteiger partial charge >= 0.3 is 5.97 Å². The first-order valence-electron chi connectivity index (χ1n) is 16.9. The maximum Gasteiger partial charge on any atom is 0.337 e. The molecular formula is C40H44FNO7. The Hall–Kier alpha value is -4.31. The van der Waals surface area contributed by atoms with E-state index in [1.807, 2.05) is 64.1 Å². The van der Waals surface area contributed by atoms with Gasteiger partial charge in [0.15, 0.2) is 6.10 Å². The van der Waals surface area contributed by atoms with Gasteiger partial charge in [0.2, 0.25) is 0 Å². The molecule has 258 valence electrons. The zero-order valence-corrected chi connectivity index (χ0v) is 28.6. The highest BCUT2D eigenvalue weighted by molar-refractivity contribution is 5.91. The Bertz CT molecular complexity index is 1760. The minimum Gasteiger partial charge on any atom is -0.493 e. The Morgan fingerprint density at radius 1 is 1.02 bits per heavy atom. The third-order valence-electron chi connectivity index (χ3n) is 8.67. The van der Waals surface area contributed by atoms with Gasteiger partial charge < -0.3 is 28.8 Å². The number of pyridine rings is 1. The highest BCUT2D eigenvalue weighted by Gasteiger charge is 2.34. The molecule has 1 N–H and O–H groups in total. The van der Waals surface area contributed by atoms with Gasteiger partial charge in [-0.15, -0.1) is 0 Å². The minimum absolute atomic E-state index is 0.238. The quantitative estimate of drug-likeness (QED) is 0.153. The van der Waals surface area contributed by atoms with Crippen molar-refractivity contribution in [1.82, 2.24) is 4.98 Å². The molecular weight excluding hydrogens is 625 g/mol. The second-order valence-corrected chi connectivity index (χ2v) is 13.7. The van der Waals surface area contributed by atoms with E-state index in [0.717, 1.165) is 52.0 Å². The fraction of sp³-hybridized carbons (Fsp3) is 0.400. The highest BCUT2D eigenvalue weighted by atomic mass is 19.1. The molecule has 3 heterocycles. The molecule has 6 rings (SSSR count). The number of carboxylic acids is 1. The standard InChI is InChI=1S/C40H44FNO7/c1-25-35(38(39(43)44)49-40(2,3)4)37(30-11-16-34-29(20-30)6-5-18-48-34)36(33(42-25)24-46-23-27-21-45-22-27)28-9-14-32(15-10-28)47-19-17-26-7-12-31(41)13-8-26/h7-16,20,27,38H,5-6,17-19,21-24H2,1-4H3,(H,43,44)/t38-/m0/s1. The summed E-state index contributed by atoms with van der Waals surface area (Å²) in [5.41, 5.74) is 6.32. The number of aryl methyl sites for hydroxylation is 2. The van der Waals surface area contributed by atoms with Crippen molar-refractivity contribution in [3.63, 3.8) is 0 Å². The Balaban J connectivity index is 1.44. The number of aromatic nitrogens is 1. The van der Waals surface area contributed by atoms with E-state index in [0.29, 0.717) is 68.1 Å². The SMILES string of the molecule is Cc1nc(COCC2COC2)c(-c2ccc(OCCc3ccc(F)cc3)cc2)c(-c2ccc3c(c2)CCCO3)c1[C@H](OC(C)(C)C)C(=O)O. The van der Waals surface area contributed by atoms with E-state index in [9.17, 15) is 14.3 Å². The molecule has 0 bridgehead atoms. The molecule has 9 heteroatoms. The average Bonchev–Trinajstić information content (AvgIpc) is 3.05. The monoisotopic (exact) mass is 669 g/mol. The molecule has 4 aromatic rings. The van der Waals surface area contributed by atoms with Crippen LogP contribution in [0.3, 0.4) is 0 Å². The third kappa shape index (κ3) is 8.47. The Kier molecular flexibility index (Phi) is 10.6. The number of benzene rings is 3. The third-order valence-corrected chi connectivity index (χ3v) is 8.67. The molecule has 1 aromatic heterocycles. The van der Waals surface area contributed by atoms with Crippen LogP contribution in [0.1, 0.15) is 61.4 Å². The molecule has 0 saturated carbocycles. The Morgan fingerprint density at radius 3 is 2.43 bits per heavy atom. The van der Waals surface area contributed by atoms with Crippen molar-refractivity contribution in [3.05, 3.63) is 101 Å². The zero-order chi connectivity index (χ0) is 34.5. The van der Waals surface area contributed by atoms with Crippen LogP contribution in [-0.2, 0) is 38.5 Å². The van der Waals surface area contributed by atoms with E-state index in [-0.39, 0.29) is 12.4 Å². The van der Waals surface area contributed by atoms with Crippen LogP contribution in [0.5, 0.6) is 11.5 Å². The van der Waals surface area contributed by atoms with Gasteiger partial charge in [0.25, 0.3) is 0 Å². The van der Waals surface area contributed by atoms with Crippen LogP contribution in [0.15, 0.2) is 66.7 Å². The van der Waals surface area contributed by atoms with Gasteiger partial charge in [-0.2, -0.15) is 0 Å². The largest absolute Gasteiger partial charge is 0.493 e. The topological polar surface area (TPSA) is 96.3 Å². The van der Waals surface area contributed by atoms with E-state index in [2.05, 4.69) is 6.07 Å². The first-order valence-corrected chi connectivity index (χ1v) is 16.9. The van der Waals surface area contributed by atoms with Crippen molar-refractivity contribution in [2.45, 2.75) is 65.3 Å². The molecule has 1 saturated heterocycles. The van der Waals surface area contributed by atoms with E-state index >= 15 is 0 Å². The van der Waals surface area contributed by atoms with Gasteiger partial charge in [-0.1, -0.05) is 30.3 Å². The Morgan fingerprint density at radius 2 is 1.76 bits per heavy atom. The van der Waals surface area contributed by atoms with Gasteiger partial charge in [-0.3, -0.25) is 4.98 Å². The molecule has 49 heavy (non-hydrogen) atoms. The summed E-state index contributed by atoms with van der Waals surface area (Å²) in [5.74, 6) is 0.511. The van der Waals surface area contributed by atoms with Crippen LogP contribution < -0.4 is 9.47 Å². The number of rotatable bonds is 13. The van der Waals surface area contributed by atoms with Crippen molar-refractivity contribution in [2.24, 2.45) is 5.92 Å². The summed E-state index contributed by atoms with van der Waals surface area (Å²) in [6.45, 7) is 10.6. The smallest absolute Gasteiger partial charge is 0.337 e. The van der Waals surface area contributed by atoms with Crippen LogP contribution in [0.25, 0.3) is 22.3 Å². The molecule has 2 aliphatic rings. The number of halogens is 1. The van der Waals surface area contributed by atoms with E-state index in [1.54, 1.807) is 12.1 Å². The molecule has 0 radical (unpaired) electrons. The summed E-state index contributed by atoms with van der Waals surface area (Å²) < 4.78 is 43.1. The predicted molar refractivity (Wildman–Crippen MR) is 184 cm³/mol. The van der Waals surface area contributed by atoms with Crippen molar-refractivity contribution < 1.29 is 38.0 Å². The predicted octanol–water partition coefficient (Wildman–Crippen LogP) is 7.91. The van der Waals surface area contributed by atoms with Gasteiger partial charge in [0, 0.05) is 29.2 Å². The number of nitrogens with zero attached hydrogens (tertiary/aromatic N) is 1. The number of carbonyl (C=O) groups is 1. The minimum atomic E-state index is -1.27. The first kappa shape index (κ1) is 34.5. The summed E-state index contributed by atoms with van der Waals surface area (Å²) in [7, 11) is 0. The van der Waals surface area contributed by atoms with Crippen molar-refractivity contribution in [1.29, 1.82) is 0 Å². The summed E-state index contributed by atoms with van der Waals surface area (Å²) in [6.07, 6.45) is 1.13. The van der Waals surface area contributed by atoms with E-state index in [4.69, 9.17) is 28.7 Å². The van der Waals surface area contributed by atoms with Crippen molar-refractivity contribution in [3.8, 4) is 33.8 Å². The van der Waals surface area contributed by atoms with E-state index in [1.165, 1.54) is 12.1 Å². The number of aliphatic carboxylic acids is 1. The molecule has 0 amide bonds. The molecule has 1 fully saturated rings. The highest BCUT2D eigenvalue weighted by Crippen LogP contribution is 2.44. The lowest BCUT2D eigenvalue weighted by Gasteiger charge is -2.30. The first-order chi connectivity index (χ1) is 23.6. The fourth-order valence-corrected chi connectivity index (χ4v) is 6.28. The summed E-state index contributed by atoms with van der Waals surface area (Å²) in [4.78, 5) is 18.0. The molecule has 2 aliphatic heterocycles. The van der Waals surface area contributed by atoms with Crippen LogP contribution in [0.2, 0.25) is 0 Å². The average molecular weight is 670 g/mol. The maximum absolute atomic E-state index is 13.3. The normalized spacial score (nSPS) is 15.2. The van der Waals surface area contributed by atoms with Crippen LogP contribution in [0, 0.1) is 18.7 Å². The van der Waals surface area contributed by atoms with Crippen molar-refractivity contribution >= 4 is 5.97 Å². The lowest BCUT2D eigenvalue weighted by Crippen LogP contribution is -2.31. The molecule has 0 unspecified atom stereocenters. The number of carboxylic acid groups (broad SMARTS) is 1. The number of hydrogen-bond acceptors (Lipinski definition) is 7. The number of hydrogen-bond donors (Lipinski definition) is 1.